The van der Waals surface area contributed by atoms with Crippen LogP contribution in [0.3, 0.4) is 0 Å². The Morgan fingerprint density at radius 3 is 2.19 bits per heavy atom. The molecule has 27 heavy (non-hydrogen) atoms. The number of rotatable bonds is 6. The molecular weight excluding hydrogens is 340 g/mol. The summed E-state index contributed by atoms with van der Waals surface area (Å²) in [6.45, 7) is 1.66. The molecule has 0 aliphatic heterocycles. The minimum absolute atomic E-state index is 0.281. The van der Waals surface area contributed by atoms with Gasteiger partial charge in [-0.15, -0.1) is 0 Å². The van der Waals surface area contributed by atoms with E-state index in [1.165, 1.54) is 0 Å². The first-order chi connectivity index (χ1) is 13.1. The summed E-state index contributed by atoms with van der Waals surface area (Å²) in [6.07, 6.45) is 3.52. The van der Waals surface area contributed by atoms with Crippen LogP contribution in [0, 0.1) is 0 Å². The van der Waals surface area contributed by atoms with Gasteiger partial charge in [-0.05, 0) is 24.6 Å². The summed E-state index contributed by atoms with van der Waals surface area (Å²) in [5, 5.41) is 5.73. The van der Waals surface area contributed by atoms with Gasteiger partial charge in [0.15, 0.2) is 0 Å². The summed E-state index contributed by atoms with van der Waals surface area (Å²) < 4.78 is 1.87. The van der Waals surface area contributed by atoms with Gasteiger partial charge in [0.1, 0.15) is 17.9 Å². The van der Waals surface area contributed by atoms with Crippen LogP contribution in [0.1, 0.15) is 34.7 Å². The number of aromatic nitrogens is 2. The van der Waals surface area contributed by atoms with E-state index in [4.69, 9.17) is 0 Å². The van der Waals surface area contributed by atoms with Gasteiger partial charge in [0.05, 0.1) is 0 Å². The van der Waals surface area contributed by atoms with Gasteiger partial charge < -0.3 is 15.2 Å². The van der Waals surface area contributed by atoms with Gasteiger partial charge in [-0.2, -0.15) is 0 Å². The fourth-order valence-corrected chi connectivity index (χ4v) is 2.80. The smallest absolute Gasteiger partial charge is 0.251 e. The number of carbonyl (C=O) groups excluding carboxylic acids is 2. The fraction of sp³-hybridized carbons (Fsp3) is 0.190. The zero-order valence-corrected chi connectivity index (χ0v) is 15.3. The van der Waals surface area contributed by atoms with Crippen molar-refractivity contribution in [2.75, 3.05) is 0 Å². The average molecular weight is 362 g/mol. The first-order valence-electron chi connectivity index (χ1n) is 8.74. The van der Waals surface area contributed by atoms with Gasteiger partial charge in [-0.1, -0.05) is 48.5 Å². The third-order valence-electron chi connectivity index (χ3n) is 4.31. The number of hydrogen-bond donors (Lipinski definition) is 2. The molecule has 0 bridgehead atoms. The summed E-state index contributed by atoms with van der Waals surface area (Å²) in [5.41, 5.74) is 1.43. The monoisotopic (exact) mass is 362 g/mol. The zero-order valence-electron chi connectivity index (χ0n) is 15.3. The maximum Gasteiger partial charge on any atom is 0.251 e. The molecule has 2 unspecified atom stereocenters. The quantitative estimate of drug-likeness (QED) is 0.707. The van der Waals surface area contributed by atoms with Crippen LogP contribution in [-0.4, -0.2) is 27.4 Å². The van der Waals surface area contributed by atoms with E-state index >= 15 is 0 Å². The Labute approximate surface area is 158 Å². The minimum atomic E-state index is -0.691. The second-order valence-electron chi connectivity index (χ2n) is 6.31. The standard InChI is InChI=1S/C21H22N4O2/c1-15(23-21(27)17-11-7-4-8-12-17)20(26)24-18(16-9-5-3-6-10-16)19-22-13-14-25(19)2/h3-15,18H,1-2H3,(H,23,27)(H,24,26). The van der Waals surface area contributed by atoms with Crippen molar-refractivity contribution in [2.24, 2.45) is 7.05 Å². The second kappa shape index (κ2) is 8.31. The molecule has 0 spiro atoms. The number of carbonyl (C=O) groups is 2. The van der Waals surface area contributed by atoms with E-state index in [1.54, 1.807) is 37.4 Å². The predicted molar refractivity (Wildman–Crippen MR) is 103 cm³/mol. The molecule has 0 saturated carbocycles. The lowest BCUT2D eigenvalue weighted by molar-refractivity contribution is -0.123. The van der Waals surface area contributed by atoms with Crippen LogP contribution in [0.2, 0.25) is 0 Å². The van der Waals surface area contributed by atoms with Gasteiger partial charge in [0.2, 0.25) is 5.91 Å². The van der Waals surface area contributed by atoms with Crippen LogP contribution in [0.4, 0.5) is 0 Å². The van der Waals surface area contributed by atoms with E-state index in [9.17, 15) is 9.59 Å². The number of imidazole rings is 1. The number of amides is 2. The van der Waals surface area contributed by atoms with E-state index < -0.39 is 12.1 Å². The first-order valence-corrected chi connectivity index (χ1v) is 8.74. The van der Waals surface area contributed by atoms with Crippen molar-refractivity contribution >= 4 is 11.8 Å². The van der Waals surface area contributed by atoms with Crippen molar-refractivity contribution in [3.05, 3.63) is 90.0 Å². The zero-order chi connectivity index (χ0) is 19.2. The van der Waals surface area contributed by atoms with Crippen LogP contribution in [0.5, 0.6) is 0 Å². The third-order valence-corrected chi connectivity index (χ3v) is 4.31. The molecule has 0 aliphatic rings. The number of nitrogens with one attached hydrogen (secondary N) is 2. The third kappa shape index (κ3) is 4.41. The summed E-state index contributed by atoms with van der Waals surface area (Å²) in [5.74, 6) is 0.152. The van der Waals surface area contributed by atoms with E-state index in [2.05, 4.69) is 15.6 Å². The Bertz CT molecular complexity index is 906. The van der Waals surface area contributed by atoms with Gasteiger partial charge in [0, 0.05) is 25.0 Å². The Kier molecular flexibility index (Phi) is 5.66. The largest absolute Gasteiger partial charge is 0.341 e. The van der Waals surface area contributed by atoms with Crippen molar-refractivity contribution in [3.8, 4) is 0 Å². The van der Waals surface area contributed by atoms with Gasteiger partial charge in [-0.3, -0.25) is 9.59 Å². The molecule has 3 aromatic rings. The highest BCUT2D eigenvalue weighted by Gasteiger charge is 2.24. The van der Waals surface area contributed by atoms with Gasteiger partial charge in [0.25, 0.3) is 5.91 Å². The van der Waals surface area contributed by atoms with E-state index in [0.29, 0.717) is 5.56 Å². The van der Waals surface area contributed by atoms with E-state index in [-0.39, 0.29) is 11.8 Å². The van der Waals surface area contributed by atoms with Crippen LogP contribution in [0.25, 0.3) is 0 Å². The number of nitrogens with zero attached hydrogens (tertiary/aromatic N) is 2. The second-order valence-corrected chi connectivity index (χ2v) is 6.31. The van der Waals surface area contributed by atoms with Crippen LogP contribution in [0.15, 0.2) is 73.1 Å². The molecule has 3 rings (SSSR count). The molecule has 1 heterocycles. The maximum atomic E-state index is 12.7. The lowest BCUT2D eigenvalue weighted by Crippen LogP contribution is -2.46. The molecule has 0 radical (unpaired) electrons. The predicted octanol–water partition coefficient (Wildman–Crippen LogP) is 2.44. The van der Waals surface area contributed by atoms with Crippen LogP contribution < -0.4 is 10.6 Å². The molecule has 2 aromatic carbocycles. The Balaban J connectivity index is 1.74. The van der Waals surface area contributed by atoms with Gasteiger partial charge in [-0.25, -0.2) is 4.98 Å². The van der Waals surface area contributed by atoms with Crippen molar-refractivity contribution in [2.45, 2.75) is 19.0 Å². The highest BCUT2D eigenvalue weighted by Crippen LogP contribution is 2.20. The molecule has 6 nitrogen and oxygen atoms in total. The number of hydrogen-bond acceptors (Lipinski definition) is 3. The molecule has 1 aromatic heterocycles. The number of benzene rings is 2. The average Bonchev–Trinajstić information content (AvgIpc) is 3.12. The van der Waals surface area contributed by atoms with Crippen LogP contribution >= 0.6 is 0 Å². The van der Waals surface area contributed by atoms with Crippen molar-refractivity contribution in [3.63, 3.8) is 0 Å². The Morgan fingerprint density at radius 1 is 0.963 bits per heavy atom. The molecule has 0 aliphatic carbocycles. The van der Waals surface area contributed by atoms with Gasteiger partial charge >= 0.3 is 0 Å². The summed E-state index contributed by atoms with van der Waals surface area (Å²) in [6, 6.07) is 17.3. The topological polar surface area (TPSA) is 76.0 Å². The fourth-order valence-electron chi connectivity index (χ4n) is 2.80. The molecule has 0 saturated heterocycles. The molecule has 0 fully saturated rings. The molecule has 2 atom stereocenters. The highest BCUT2D eigenvalue weighted by atomic mass is 16.2. The lowest BCUT2D eigenvalue weighted by Gasteiger charge is -2.22. The van der Waals surface area contributed by atoms with Crippen molar-refractivity contribution < 1.29 is 9.59 Å². The molecule has 2 N–H and O–H groups in total. The van der Waals surface area contributed by atoms with Crippen molar-refractivity contribution in [1.29, 1.82) is 0 Å². The molecule has 138 valence electrons. The Hall–Kier alpha value is -3.41. The SMILES string of the molecule is CC(NC(=O)c1ccccc1)C(=O)NC(c1ccccc1)c1nccn1C. The van der Waals surface area contributed by atoms with E-state index in [1.807, 2.05) is 54.2 Å². The lowest BCUT2D eigenvalue weighted by atomic mass is 10.1. The minimum Gasteiger partial charge on any atom is -0.341 e. The summed E-state index contributed by atoms with van der Waals surface area (Å²) >= 11 is 0. The highest BCUT2D eigenvalue weighted by molar-refractivity contribution is 5.97. The summed E-state index contributed by atoms with van der Waals surface area (Å²) in [7, 11) is 1.88. The molecular formula is C21H22N4O2. The first kappa shape index (κ1) is 18.4. The molecule has 6 heteroatoms. The number of aryl methyl sites for hydroxylation is 1. The summed E-state index contributed by atoms with van der Waals surface area (Å²) in [4.78, 5) is 29.4. The van der Waals surface area contributed by atoms with Crippen LogP contribution in [-0.2, 0) is 11.8 Å². The maximum absolute atomic E-state index is 12.7. The molecule has 2 amide bonds. The Morgan fingerprint density at radius 2 is 1.59 bits per heavy atom. The normalized spacial score (nSPS) is 12.8. The van der Waals surface area contributed by atoms with Crippen molar-refractivity contribution in [1.82, 2.24) is 20.2 Å². The van der Waals surface area contributed by atoms with E-state index in [0.717, 1.165) is 11.4 Å².